The van der Waals surface area contributed by atoms with Gasteiger partial charge in [-0.25, -0.2) is 13.2 Å². The minimum Gasteiger partial charge on any atom is -0.480 e. The van der Waals surface area contributed by atoms with Gasteiger partial charge in [0.05, 0.1) is 16.4 Å². The number of carboxylic acids is 1. The Labute approximate surface area is 144 Å². The van der Waals surface area contributed by atoms with Gasteiger partial charge in [-0.3, -0.25) is 14.9 Å². The summed E-state index contributed by atoms with van der Waals surface area (Å²) in [6.45, 7) is 2.58. The lowest BCUT2D eigenvalue weighted by atomic mass is 10.1. The highest BCUT2D eigenvalue weighted by atomic mass is 32.2. The Morgan fingerprint density at radius 2 is 1.96 bits per heavy atom. The van der Waals surface area contributed by atoms with E-state index in [0.29, 0.717) is 4.31 Å². The summed E-state index contributed by atoms with van der Waals surface area (Å²) in [5.41, 5.74) is -0.398. The van der Waals surface area contributed by atoms with Crippen LogP contribution in [-0.2, 0) is 19.6 Å². The fraction of sp³-hybridized carbons (Fsp3) is 0.429. The molecule has 1 rings (SSSR count). The largest absolute Gasteiger partial charge is 0.480 e. The van der Waals surface area contributed by atoms with Crippen LogP contribution in [-0.4, -0.2) is 54.3 Å². The van der Waals surface area contributed by atoms with Gasteiger partial charge in [-0.15, -0.1) is 0 Å². The van der Waals surface area contributed by atoms with Crippen molar-refractivity contribution in [1.29, 1.82) is 0 Å². The Balaban J connectivity index is 2.93. The first-order valence-corrected chi connectivity index (χ1v) is 8.63. The molecule has 0 aromatic heterocycles. The van der Waals surface area contributed by atoms with Gasteiger partial charge in [-0.1, -0.05) is 19.9 Å². The molecule has 0 aliphatic carbocycles. The fourth-order valence-electron chi connectivity index (χ4n) is 1.96. The second-order valence-electron chi connectivity index (χ2n) is 5.64. The van der Waals surface area contributed by atoms with E-state index in [-0.39, 0.29) is 10.8 Å². The summed E-state index contributed by atoms with van der Waals surface area (Å²) in [6, 6.07) is 3.27. The molecule has 11 heteroatoms. The molecule has 25 heavy (non-hydrogen) atoms. The van der Waals surface area contributed by atoms with Gasteiger partial charge in [-0.2, -0.15) is 4.31 Å². The molecule has 1 aromatic rings. The van der Waals surface area contributed by atoms with Crippen LogP contribution in [0.4, 0.5) is 5.69 Å². The van der Waals surface area contributed by atoms with E-state index >= 15 is 0 Å². The number of nitrogens with one attached hydrogen (secondary N) is 1. The fourth-order valence-corrected chi connectivity index (χ4v) is 3.12. The second-order valence-corrected chi connectivity index (χ2v) is 7.69. The third-order valence-electron chi connectivity index (χ3n) is 3.35. The normalized spacial score (nSPS) is 12.8. The lowest BCUT2D eigenvalue weighted by Gasteiger charge is -2.21. The van der Waals surface area contributed by atoms with E-state index < -0.39 is 45.1 Å². The first kappa shape index (κ1) is 20.5. The molecule has 1 atom stereocenters. The van der Waals surface area contributed by atoms with E-state index in [1.54, 1.807) is 13.8 Å². The molecule has 0 radical (unpaired) electrons. The molecule has 0 unspecified atom stereocenters. The lowest BCUT2D eigenvalue weighted by molar-refractivity contribution is -0.385. The van der Waals surface area contributed by atoms with Crippen LogP contribution in [0.1, 0.15) is 13.8 Å². The van der Waals surface area contributed by atoms with Crippen LogP contribution < -0.4 is 5.32 Å². The zero-order valence-corrected chi connectivity index (χ0v) is 14.7. The average molecular weight is 373 g/mol. The van der Waals surface area contributed by atoms with Crippen LogP contribution in [0.15, 0.2) is 29.2 Å². The number of amides is 1. The molecule has 1 amide bonds. The van der Waals surface area contributed by atoms with Crippen LogP contribution in [0, 0.1) is 16.0 Å². The van der Waals surface area contributed by atoms with Crippen molar-refractivity contribution in [2.45, 2.75) is 24.8 Å². The Morgan fingerprint density at radius 1 is 1.36 bits per heavy atom. The van der Waals surface area contributed by atoms with Crippen molar-refractivity contribution in [2.75, 3.05) is 13.6 Å². The van der Waals surface area contributed by atoms with Crippen molar-refractivity contribution in [3.05, 3.63) is 34.4 Å². The first-order valence-electron chi connectivity index (χ1n) is 7.19. The number of carbonyl (C=O) groups is 2. The summed E-state index contributed by atoms with van der Waals surface area (Å²) in [7, 11) is -3.02. The molecular weight excluding hydrogens is 354 g/mol. The number of sulfonamides is 1. The molecule has 0 bridgehead atoms. The number of rotatable bonds is 8. The maximum Gasteiger partial charge on any atom is 0.326 e. The van der Waals surface area contributed by atoms with E-state index in [0.717, 1.165) is 19.2 Å². The second kappa shape index (κ2) is 8.03. The molecule has 138 valence electrons. The summed E-state index contributed by atoms with van der Waals surface area (Å²) in [6.07, 6.45) is 0. The van der Waals surface area contributed by atoms with Crippen LogP contribution >= 0.6 is 0 Å². The number of carboxylic acid groups (broad SMARTS) is 1. The number of hydrogen-bond donors (Lipinski definition) is 2. The molecule has 2 N–H and O–H groups in total. The van der Waals surface area contributed by atoms with E-state index in [1.165, 1.54) is 12.1 Å². The van der Waals surface area contributed by atoms with E-state index in [1.807, 2.05) is 0 Å². The summed E-state index contributed by atoms with van der Waals surface area (Å²) in [5, 5.41) is 22.0. The minimum atomic E-state index is -4.15. The number of nitro groups is 1. The number of aliphatic carboxylic acids is 1. The van der Waals surface area contributed by atoms with Crippen LogP contribution in [0.25, 0.3) is 0 Å². The lowest BCUT2D eigenvalue weighted by Crippen LogP contribution is -2.48. The molecule has 0 aliphatic rings. The number of nitro benzene ring substituents is 1. The van der Waals surface area contributed by atoms with Gasteiger partial charge in [0.1, 0.15) is 6.04 Å². The average Bonchev–Trinajstić information content (AvgIpc) is 2.51. The topological polar surface area (TPSA) is 147 Å². The first-order chi connectivity index (χ1) is 11.5. The molecule has 0 heterocycles. The number of hydrogen-bond acceptors (Lipinski definition) is 6. The predicted molar refractivity (Wildman–Crippen MR) is 87.3 cm³/mol. The SMILES string of the molecule is CC(C)[C@@H](NC(=O)CN(C)S(=O)(=O)c1cccc([N+](=O)[O-])c1)C(=O)O. The highest BCUT2D eigenvalue weighted by Crippen LogP contribution is 2.20. The van der Waals surface area contributed by atoms with E-state index in [2.05, 4.69) is 5.32 Å². The Morgan fingerprint density at radius 3 is 2.44 bits per heavy atom. The van der Waals surface area contributed by atoms with E-state index in [9.17, 15) is 28.1 Å². The Hall–Kier alpha value is -2.53. The maximum atomic E-state index is 12.4. The Kier molecular flexibility index (Phi) is 6.59. The minimum absolute atomic E-state index is 0.337. The quantitative estimate of drug-likeness (QED) is 0.496. The highest BCUT2D eigenvalue weighted by Gasteiger charge is 2.28. The highest BCUT2D eigenvalue weighted by molar-refractivity contribution is 7.89. The van der Waals surface area contributed by atoms with Gasteiger partial charge < -0.3 is 10.4 Å². The number of nitrogens with zero attached hydrogens (tertiary/aromatic N) is 2. The van der Waals surface area contributed by atoms with Crippen molar-refractivity contribution in [3.63, 3.8) is 0 Å². The third kappa shape index (κ3) is 5.22. The molecule has 0 aliphatic heterocycles. The van der Waals surface area contributed by atoms with Crippen LogP contribution in [0.3, 0.4) is 0 Å². The molecule has 10 nitrogen and oxygen atoms in total. The van der Waals surface area contributed by atoms with Crippen molar-refractivity contribution >= 4 is 27.6 Å². The van der Waals surface area contributed by atoms with Gasteiger partial charge in [-0.05, 0) is 12.0 Å². The molecule has 0 fully saturated rings. The van der Waals surface area contributed by atoms with Gasteiger partial charge in [0.15, 0.2) is 0 Å². The summed E-state index contributed by atoms with van der Waals surface area (Å²) in [4.78, 5) is 32.7. The molecule has 1 aromatic carbocycles. The van der Waals surface area contributed by atoms with Crippen molar-refractivity contribution in [2.24, 2.45) is 5.92 Å². The molecule has 0 spiro atoms. The number of carbonyl (C=O) groups excluding carboxylic acids is 1. The van der Waals surface area contributed by atoms with Crippen molar-refractivity contribution in [1.82, 2.24) is 9.62 Å². The zero-order chi connectivity index (χ0) is 19.4. The molecule has 0 saturated carbocycles. The summed E-state index contributed by atoms with van der Waals surface area (Å²) < 4.78 is 25.5. The number of likely N-dealkylation sites (N-methyl/N-ethyl adjacent to an activating group) is 1. The monoisotopic (exact) mass is 373 g/mol. The van der Waals surface area contributed by atoms with Gasteiger partial charge in [0, 0.05) is 19.2 Å². The van der Waals surface area contributed by atoms with Crippen molar-refractivity contribution in [3.8, 4) is 0 Å². The van der Waals surface area contributed by atoms with Crippen LogP contribution in [0.5, 0.6) is 0 Å². The Bertz CT molecular complexity index is 776. The van der Waals surface area contributed by atoms with Crippen molar-refractivity contribution < 1.29 is 28.0 Å². The van der Waals surface area contributed by atoms with E-state index in [4.69, 9.17) is 5.11 Å². The standard InChI is InChI=1S/C14H19N3O7S/c1-9(2)13(14(19)20)15-12(18)8-16(3)25(23,24)11-6-4-5-10(7-11)17(21)22/h4-7,9,13H,8H2,1-3H3,(H,15,18)(H,19,20)/t13-/m1/s1. The third-order valence-corrected chi connectivity index (χ3v) is 5.15. The zero-order valence-electron chi connectivity index (χ0n) is 13.9. The van der Waals surface area contributed by atoms with Gasteiger partial charge >= 0.3 is 5.97 Å². The summed E-state index contributed by atoms with van der Waals surface area (Å²) in [5.74, 6) is -2.41. The smallest absolute Gasteiger partial charge is 0.326 e. The predicted octanol–water partition coefficient (Wildman–Crippen LogP) is 0.441. The van der Waals surface area contributed by atoms with Gasteiger partial charge in [0.25, 0.3) is 5.69 Å². The number of non-ortho nitro benzene ring substituents is 1. The van der Waals surface area contributed by atoms with Crippen LogP contribution in [0.2, 0.25) is 0 Å². The van der Waals surface area contributed by atoms with Gasteiger partial charge in [0.2, 0.25) is 15.9 Å². The molecule has 0 saturated heterocycles. The summed E-state index contributed by atoms with van der Waals surface area (Å²) >= 11 is 0. The number of benzene rings is 1. The maximum absolute atomic E-state index is 12.4. The molecular formula is C14H19N3O7S.